The fourth-order valence-corrected chi connectivity index (χ4v) is 6.00. The van der Waals surface area contributed by atoms with Gasteiger partial charge in [0.2, 0.25) is 11.8 Å². The second-order valence-corrected chi connectivity index (χ2v) is 9.45. The van der Waals surface area contributed by atoms with E-state index in [1.54, 1.807) is 12.0 Å². The third-order valence-electron chi connectivity index (χ3n) is 7.61. The minimum atomic E-state index is -0.331. The highest BCUT2D eigenvalue weighted by Gasteiger charge is 2.45. The minimum Gasteiger partial charge on any atom is -0.383 e. The third kappa shape index (κ3) is 4.80. The summed E-state index contributed by atoms with van der Waals surface area (Å²) >= 11 is 0. The van der Waals surface area contributed by atoms with Gasteiger partial charge in [-0.3, -0.25) is 9.59 Å². The van der Waals surface area contributed by atoms with E-state index in [1.165, 1.54) is 45.2 Å². The minimum absolute atomic E-state index is 0.0509. The first-order chi connectivity index (χ1) is 15.1. The smallest absolute Gasteiger partial charge is 0.228 e. The van der Waals surface area contributed by atoms with E-state index in [0.29, 0.717) is 31.5 Å². The van der Waals surface area contributed by atoms with E-state index in [9.17, 15) is 9.59 Å². The summed E-state index contributed by atoms with van der Waals surface area (Å²) in [6, 6.07) is 10.4. The molecule has 3 heterocycles. The van der Waals surface area contributed by atoms with Gasteiger partial charge >= 0.3 is 0 Å². The number of rotatable bonds is 7. The predicted molar refractivity (Wildman–Crippen MR) is 120 cm³/mol. The first-order valence-corrected chi connectivity index (χ1v) is 11.9. The maximum absolute atomic E-state index is 13.8. The lowest BCUT2D eigenvalue weighted by Gasteiger charge is -2.46. The Balaban J connectivity index is 1.53. The van der Waals surface area contributed by atoms with Gasteiger partial charge in [0, 0.05) is 39.7 Å². The van der Waals surface area contributed by atoms with Gasteiger partial charge in [0.05, 0.1) is 18.6 Å². The van der Waals surface area contributed by atoms with Crippen LogP contribution in [0.1, 0.15) is 50.1 Å². The summed E-state index contributed by atoms with van der Waals surface area (Å²) in [6.07, 6.45) is 6.52. The highest BCUT2D eigenvalue weighted by atomic mass is 16.5. The zero-order chi connectivity index (χ0) is 21.8. The van der Waals surface area contributed by atoms with Gasteiger partial charge in [-0.15, -0.1) is 0 Å². The van der Waals surface area contributed by atoms with Crippen molar-refractivity contribution in [2.45, 2.75) is 50.6 Å². The fourth-order valence-electron chi connectivity index (χ4n) is 6.00. The summed E-state index contributed by atoms with van der Waals surface area (Å²) in [5.41, 5.74) is 1.04. The topological polar surface area (TPSA) is 53.1 Å². The molecule has 0 bridgehead atoms. The van der Waals surface area contributed by atoms with Crippen molar-refractivity contribution in [1.29, 1.82) is 0 Å². The van der Waals surface area contributed by atoms with E-state index in [2.05, 4.69) is 4.90 Å². The number of hydrogen-bond acceptors (Lipinski definition) is 4. The Bertz CT molecular complexity index is 754. The number of benzene rings is 1. The van der Waals surface area contributed by atoms with E-state index in [4.69, 9.17) is 4.74 Å². The molecule has 4 unspecified atom stereocenters. The molecule has 170 valence electrons. The number of carbonyl (C=O) groups excluding carboxylic acids is 2. The Kier molecular flexibility index (Phi) is 7.28. The molecule has 3 aliphatic rings. The predicted octanol–water partition coefficient (Wildman–Crippen LogP) is 2.95. The molecule has 0 N–H and O–H groups in total. The molecule has 4 atom stereocenters. The molecule has 6 heteroatoms. The van der Waals surface area contributed by atoms with Crippen LogP contribution in [0.15, 0.2) is 30.3 Å². The van der Waals surface area contributed by atoms with Gasteiger partial charge in [-0.05, 0) is 50.3 Å². The summed E-state index contributed by atoms with van der Waals surface area (Å²) in [5, 5.41) is 0. The Morgan fingerprint density at radius 3 is 2.68 bits per heavy atom. The van der Waals surface area contributed by atoms with E-state index in [-0.39, 0.29) is 23.8 Å². The summed E-state index contributed by atoms with van der Waals surface area (Å²) in [4.78, 5) is 32.9. The number of methoxy groups -OCH3 is 1. The SMILES string of the molecule is COCCN(CC1CCCN2CCCCC12)C(=O)C1CC(=O)N(C)C1c1ccccc1. The number of fused-ring (bicyclic) bond motifs is 1. The van der Waals surface area contributed by atoms with Gasteiger partial charge in [0.1, 0.15) is 0 Å². The van der Waals surface area contributed by atoms with Crippen LogP contribution in [-0.4, -0.2) is 79.5 Å². The number of likely N-dealkylation sites (tertiary alicyclic amines) is 1. The molecule has 3 saturated heterocycles. The van der Waals surface area contributed by atoms with Crippen LogP contribution in [-0.2, 0) is 14.3 Å². The Morgan fingerprint density at radius 1 is 1.13 bits per heavy atom. The lowest BCUT2D eigenvalue weighted by atomic mass is 9.83. The molecular formula is C25H37N3O3. The van der Waals surface area contributed by atoms with E-state index in [1.807, 2.05) is 42.3 Å². The second-order valence-electron chi connectivity index (χ2n) is 9.45. The van der Waals surface area contributed by atoms with Crippen LogP contribution in [0.2, 0.25) is 0 Å². The molecule has 2 amide bonds. The van der Waals surface area contributed by atoms with Gasteiger partial charge in [-0.2, -0.15) is 0 Å². The van der Waals surface area contributed by atoms with E-state index in [0.717, 1.165) is 12.1 Å². The first-order valence-electron chi connectivity index (χ1n) is 11.9. The number of hydrogen-bond donors (Lipinski definition) is 0. The normalized spacial score (nSPS) is 29.1. The number of nitrogens with zero attached hydrogens (tertiary/aromatic N) is 3. The van der Waals surface area contributed by atoms with Gasteiger partial charge < -0.3 is 19.4 Å². The van der Waals surface area contributed by atoms with Crippen molar-refractivity contribution in [3.63, 3.8) is 0 Å². The molecule has 31 heavy (non-hydrogen) atoms. The van der Waals surface area contributed by atoms with Crippen LogP contribution in [0.3, 0.4) is 0 Å². The zero-order valence-electron chi connectivity index (χ0n) is 19.0. The monoisotopic (exact) mass is 427 g/mol. The van der Waals surface area contributed by atoms with Crippen LogP contribution >= 0.6 is 0 Å². The second kappa shape index (κ2) is 10.1. The summed E-state index contributed by atoms with van der Waals surface area (Å²) in [5.74, 6) is 0.342. The highest BCUT2D eigenvalue weighted by molar-refractivity contribution is 5.90. The molecule has 6 nitrogen and oxygen atoms in total. The van der Waals surface area contributed by atoms with Gasteiger partial charge in [0.15, 0.2) is 0 Å². The molecule has 1 aromatic carbocycles. The lowest BCUT2D eigenvalue weighted by Crippen LogP contribution is -2.52. The molecular weight excluding hydrogens is 390 g/mol. The molecule has 3 aliphatic heterocycles. The molecule has 4 rings (SSSR count). The van der Waals surface area contributed by atoms with Crippen molar-refractivity contribution in [3.05, 3.63) is 35.9 Å². The number of amides is 2. The average molecular weight is 428 g/mol. The van der Waals surface area contributed by atoms with Crippen molar-refractivity contribution in [2.24, 2.45) is 11.8 Å². The lowest BCUT2D eigenvalue weighted by molar-refractivity contribution is -0.138. The molecule has 0 aliphatic carbocycles. The average Bonchev–Trinajstić information content (AvgIpc) is 3.11. The molecule has 0 aromatic heterocycles. The van der Waals surface area contributed by atoms with Crippen molar-refractivity contribution in [3.8, 4) is 0 Å². The maximum atomic E-state index is 13.8. The van der Waals surface area contributed by atoms with Crippen LogP contribution in [0.4, 0.5) is 0 Å². The summed E-state index contributed by atoms with van der Waals surface area (Å²) < 4.78 is 5.35. The van der Waals surface area contributed by atoms with Crippen LogP contribution < -0.4 is 0 Å². The van der Waals surface area contributed by atoms with Crippen molar-refractivity contribution in [2.75, 3.05) is 46.9 Å². The molecule has 1 aromatic rings. The maximum Gasteiger partial charge on any atom is 0.228 e. The Morgan fingerprint density at radius 2 is 1.90 bits per heavy atom. The fraction of sp³-hybridized carbons (Fsp3) is 0.680. The highest BCUT2D eigenvalue weighted by Crippen LogP contribution is 2.39. The van der Waals surface area contributed by atoms with Crippen LogP contribution in [0.5, 0.6) is 0 Å². The van der Waals surface area contributed by atoms with E-state index >= 15 is 0 Å². The molecule has 0 spiro atoms. The number of ether oxygens (including phenoxy) is 1. The number of carbonyl (C=O) groups is 2. The van der Waals surface area contributed by atoms with Crippen LogP contribution in [0.25, 0.3) is 0 Å². The molecule has 0 saturated carbocycles. The largest absolute Gasteiger partial charge is 0.383 e. The van der Waals surface area contributed by atoms with Gasteiger partial charge in [0.25, 0.3) is 0 Å². The summed E-state index contributed by atoms with van der Waals surface area (Å²) in [7, 11) is 3.51. The van der Waals surface area contributed by atoms with Crippen LogP contribution in [0, 0.1) is 11.8 Å². The third-order valence-corrected chi connectivity index (χ3v) is 7.61. The first kappa shape index (κ1) is 22.3. The Labute approximate surface area is 186 Å². The van der Waals surface area contributed by atoms with E-state index < -0.39 is 0 Å². The summed E-state index contributed by atoms with van der Waals surface area (Å²) in [6.45, 7) is 4.30. The van der Waals surface area contributed by atoms with Gasteiger partial charge in [-0.25, -0.2) is 0 Å². The van der Waals surface area contributed by atoms with Gasteiger partial charge in [-0.1, -0.05) is 36.8 Å². The zero-order valence-corrected chi connectivity index (χ0v) is 19.0. The quantitative estimate of drug-likeness (QED) is 0.671. The Hall–Kier alpha value is -1.92. The standard InChI is InChI=1S/C25H37N3O3/c1-26-23(29)17-21(24(26)19-9-4-3-5-10-19)25(30)28(15-16-31-2)18-20-11-8-14-27-13-7-6-12-22(20)27/h3-5,9-10,20-22,24H,6-8,11-18H2,1-2H3. The molecule has 0 radical (unpaired) electrons. The van der Waals surface area contributed by atoms with Crippen molar-refractivity contribution >= 4 is 11.8 Å². The molecule has 3 fully saturated rings. The van der Waals surface area contributed by atoms with Crippen molar-refractivity contribution in [1.82, 2.24) is 14.7 Å². The number of piperidine rings is 2. The van der Waals surface area contributed by atoms with Crippen molar-refractivity contribution < 1.29 is 14.3 Å².